The molecule has 2 aromatic carbocycles. The first-order chi connectivity index (χ1) is 12.9. The Hall–Kier alpha value is -2.54. The molecule has 7 heteroatoms. The van der Waals surface area contributed by atoms with Gasteiger partial charge in [-0.25, -0.2) is 8.42 Å². The number of carbonyl (C=O) groups excluding carboxylic acids is 1. The third-order valence-electron chi connectivity index (χ3n) is 4.79. The van der Waals surface area contributed by atoms with E-state index in [1.54, 1.807) is 37.3 Å². The van der Waals surface area contributed by atoms with Crippen LogP contribution in [-0.4, -0.2) is 27.5 Å². The maximum atomic E-state index is 12.6. The van der Waals surface area contributed by atoms with Crippen LogP contribution in [0, 0.1) is 6.92 Å². The fourth-order valence-electron chi connectivity index (χ4n) is 3.22. The number of methoxy groups -OCH3 is 1. The summed E-state index contributed by atoms with van der Waals surface area (Å²) in [6, 6.07) is 11.4. The van der Waals surface area contributed by atoms with Crippen LogP contribution in [0.1, 0.15) is 41.6 Å². The van der Waals surface area contributed by atoms with E-state index in [2.05, 4.69) is 10.0 Å². The smallest absolute Gasteiger partial charge is 0.261 e. The molecule has 1 fully saturated rings. The van der Waals surface area contributed by atoms with Crippen molar-refractivity contribution in [3.8, 4) is 5.75 Å². The van der Waals surface area contributed by atoms with E-state index >= 15 is 0 Å². The van der Waals surface area contributed by atoms with Crippen LogP contribution in [0.25, 0.3) is 0 Å². The molecule has 2 aromatic rings. The highest BCUT2D eigenvalue weighted by atomic mass is 32.2. The van der Waals surface area contributed by atoms with Crippen molar-refractivity contribution in [2.45, 2.75) is 43.5 Å². The lowest BCUT2D eigenvalue weighted by Gasteiger charge is -2.14. The van der Waals surface area contributed by atoms with Gasteiger partial charge in [-0.1, -0.05) is 12.8 Å². The van der Waals surface area contributed by atoms with E-state index in [1.807, 2.05) is 0 Å². The monoisotopic (exact) mass is 388 g/mol. The largest absolute Gasteiger partial charge is 0.497 e. The van der Waals surface area contributed by atoms with E-state index in [4.69, 9.17) is 4.74 Å². The van der Waals surface area contributed by atoms with Crippen molar-refractivity contribution in [1.82, 2.24) is 5.32 Å². The molecule has 144 valence electrons. The zero-order valence-corrected chi connectivity index (χ0v) is 16.3. The summed E-state index contributed by atoms with van der Waals surface area (Å²) in [6.07, 6.45) is 4.33. The van der Waals surface area contributed by atoms with Crippen LogP contribution in [-0.2, 0) is 10.0 Å². The van der Waals surface area contributed by atoms with Crippen molar-refractivity contribution in [1.29, 1.82) is 0 Å². The minimum absolute atomic E-state index is 0.116. The number of aryl methyl sites for hydroxylation is 1. The maximum Gasteiger partial charge on any atom is 0.261 e. The third kappa shape index (κ3) is 4.60. The molecule has 0 aliphatic heterocycles. The van der Waals surface area contributed by atoms with Gasteiger partial charge in [0.2, 0.25) is 0 Å². The zero-order valence-electron chi connectivity index (χ0n) is 15.5. The average molecular weight is 388 g/mol. The number of carbonyl (C=O) groups is 1. The van der Waals surface area contributed by atoms with E-state index < -0.39 is 10.0 Å². The van der Waals surface area contributed by atoms with Crippen LogP contribution in [0.4, 0.5) is 5.69 Å². The molecule has 1 aliphatic carbocycles. The maximum absolute atomic E-state index is 12.6. The van der Waals surface area contributed by atoms with E-state index in [-0.39, 0.29) is 16.8 Å². The van der Waals surface area contributed by atoms with Crippen molar-refractivity contribution >= 4 is 21.6 Å². The Bertz CT molecular complexity index is 917. The number of sulfonamides is 1. The van der Waals surface area contributed by atoms with Gasteiger partial charge in [-0.3, -0.25) is 9.52 Å². The van der Waals surface area contributed by atoms with Gasteiger partial charge in [0.1, 0.15) is 5.75 Å². The molecule has 1 amide bonds. The number of hydrogen-bond acceptors (Lipinski definition) is 4. The summed E-state index contributed by atoms with van der Waals surface area (Å²) in [4.78, 5) is 12.5. The Balaban J connectivity index is 1.73. The molecule has 1 aliphatic rings. The molecule has 0 bridgehead atoms. The highest BCUT2D eigenvalue weighted by Crippen LogP contribution is 2.23. The first kappa shape index (κ1) is 19.2. The van der Waals surface area contributed by atoms with Crippen molar-refractivity contribution in [3.05, 3.63) is 53.6 Å². The average Bonchev–Trinajstić information content (AvgIpc) is 3.16. The second-order valence-electron chi connectivity index (χ2n) is 6.77. The summed E-state index contributed by atoms with van der Waals surface area (Å²) in [7, 11) is -2.20. The first-order valence-electron chi connectivity index (χ1n) is 8.97. The van der Waals surface area contributed by atoms with Gasteiger partial charge in [-0.2, -0.15) is 0 Å². The van der Waals surface area contributed by atoms with Gasteiger partial charge >= 0.3 is 0 Å². The highest BCUT2D eigenvalue weighted by Gasteiger charge is 2.19. The normalized spacial score (nSPS) is 14.7. The minimum atomic E-state index is -3.72. The number of hydrogen-bond donors (Lipinski definition) is 2. The SMILES string of the molecule is COc1ccc(S(=O)(=O)Nc2ccc(C(=O)NC3CCCC3)cc2C)cc1. The Morgan fingerprint density at radius 2 is 1.74 bits per heavy atom. The predicted molar refractivity (Wildman–Crippen MR) is 105 cm³/mol. The summed E-state index contributed by atoms with van der Waals surface area (Å²) in [5, 5.41) is 3.04. The number of benzene rings is 2. The molecule has 2 N–H and O–H groups in total. The number of ether oxygens (including phenoxy) is 1. The summed E-state index contributed by atoms with van der Waals surface area (Å²) in [5.41, 5.74) is 1.67. The highest BCUT2D eigenvalue weighted by molar-refractivity contribution is 7.92. The second kappa shape index (κ2) is 8.00. The summed E-state index contributed by atoms with van der Waals surface area (Å²) in [5.74, 6) is 0.470. The molecular formula is C20H24N2O4S. The molecule has 0 spiro atoms. The quantitative estimate of drug-likeness (QED) is 0.793. The molecule has 0 saturated heterocycles. The van der Waals surface area contributed by atoms with Crippen molar-refractivity contribution < 1.29 is 17.9 Å². The van der Waals surface area contributed by atoms with E-state index in [1.165, 1.54) is 19.2 Å². The summed E-state index contributed by atoms with van der Waals surface area (Å²) < 4.78 is 32.8. The number of amides is 1. The van der Waals surface area contributed by atoms with Gasteiger partial charge in [0.05, 0.1) is 17.7 Å². The van der Waals surface area contributed by atoms with Crippen LogP contribution in [0.5, 0.6) is 5.75 Å². The molecule has 0 radical (unpaired) electrons. The van der Waals surface area contributed by atoms with Crippen LogP contribution in [0.3, 0.4) is 0 Å². The molecule has 0 unspecified atom stereocenters. The Kier molecular flexibility index (Phi) is 5.70. The van der Waals surface area contributed by atoms with Crippen LogP contribution >= 0.6 is 0 Å². The third-order valence-corrected chi connectivity index (χ3v) is 6.17. The molecule has 0 atom stereocenters. The van der Waals surface area contributed by atoms with Gasteiger partial charge in [0.25, 0.3) is 15.9 Å². The summed E-state index contributed by atoms with van der Waals surface area (Å²) in [6.45, 7) is 1.78. The molecule has 1 saturated carbocycles. The lowest BCUT2D eigenvalue weighted by Crippen LogP contribution is -2.32. The lowest BCUT2D eigenvalue weighted by molar-refractivity contribution is 0.0938. The van der Waals surface area contributed by atoms with E-state index in [0.717, 1.165) is 25.7 Å². The van der Waals surface area contributed by atoms with E-state index in [0.29, 0.717) is 22.6 Å². The fraction of sp³-hybridized carbons (Fsp3) is 0.350. The Morgan fingerprint density at radius 3 is 2.33 bits per heavy atom. The van der Waals surface area contributed by atoms with Crippen molar-refractivity contribution in [2.75, 3.05) is 11.8 Å². The van der Waals surface area contributed by atoms with E-state index in [9.17, 15) is 13.2 Å². The molecule has 3 rings (SSSR count). The zero-order chi connectivity index (χ0) is 19.4. The van der Waals surface area contributed by atoms with Gasteiger partial charge in [-0.05, 0) is 67.8 Å². The van der Waals surface area contributed by atoms with Gasteiger partial charge < -0.3 is 10.1 Å². The second-order valence-corrected chi connectivity index (χ2v) is 8.45. The molecule has 27 heavy (non-hydrogen) atoms. The van der Waals surface area contributed by atoms with Crippen LogP contribution in [0.15, 0.2) is 47.4 Å². The van der Waals surface area contributed by atoms with Gasteiger partial charge in [0.15, 0.2) is 0 Å². The Labute approximate surface area is 160 Å². The molecule has 6 nitrogen and oxygen atoms in total. The topological polar surface area (TPSA) is 84.5 Å². The number of anilines is 1. The molecular weight excluding hydrogens is 364 g/mol. The standard InChI is InChI=1S/C20H24N2O4S/c1-14-13-15(20(23)21-16-5-3-4-6-16)7-12-19(14)22-27(24,25)18-10-8-17(26-2)9-11-18/h7-13,16,22H,3-6H2,1-2H3,(H,21,23). The summed E-state index contributed by atoms with van der Waals surface area (Å²) >= 11 is 0. The number of rotatable bonds is 6. The van der Waals surface area contributed by atoms with Gasteiger partial charge in [0, 0.05) is 11.6 Å². The number of nitrogens with one attached hydrogen (secondary N) is 2. The lowest BCUT2D eigenvalue weighted by atomic mass is 10.1. The van der Waals surface area contributed by atoms with Crippen LogP contribution < -0.4 is 14.8 Å². The first-order valence-corrected chi connectivity index (χ1v) is 10.5. The van der Waals surface area contributed by atoms with Crippen molar-refractivity contribution in [3.63, 3.8) is 0 Å². The van der Waals surface area contributed by atoms with Gasteiger partial charge in [-0.15, -0.1) is 0 Å². The molecule has 0 aromatic heterocycles. The Morgan fingerprint density at radius 1 is 1.07 bits per heavy atom. The predicted octanol–water partition coefficient (Wildman–Crippen LogP) is 3.48. The van der Waals surface area contributed by atoms with Crippen LogP contribution in [0.2, 0.25) is 0 Å². The van der Waals surface area contributed by atoms with Crippen molar-refractivity contribution in [2.24, 2.45) is 0 Å². The molecule has 0 heterocycles. The minimum Gasteiger partial charge on any atom is -0.497 e. The fourth-order valence-corrected chi connectivity index (χ4v) is 4.35.